The zero-order valence-electron chi connectivity index (χ0n) is 12.7. The molecule has 0 saturated heterocycles. The molecule has 0 bridgehead atoms. The van der Waals surface area contributed by atoms with Crippen molar-refractivity contribution < 1.29 is 18.7 Å². The molecule has 122 valence electrons. The Balaban J connectivity index is 3.01. The molecule has 0 fully saturated rings. The first kappa shape index (κ1) is 20.1. The van der Waals surface area contributed by atoms with Crippen LogP contribution in [0.25, 0.3) is 0 Å². The summed E-state index contributed by atoms with van der Waals surface area (Å²) in [7, 11) is -3.77. The van der Waals surface area contributed by atoms with Gasteiger partial charge in [0.1, 0.15) is 0 Å². The van der Waals surface area contributed by atoms with Crippen molar-refractivity contribution >= 4 is 7.60 Å². The second-order valence-corrected chi connectivity index (χ2v) is 7.45. The number of unbranched alkanes of at least 4 members (excludes halogenated alkanes) is 12. The fourth-order valence-electron chi connectivity index (χ4n) is 2.36. The minimum Gasteiger partial charge on any atom is -0.324 e. The van der Waals surface area contributed by atoms with Crippen LogP contribution < -0.4 is 0 Å². The summed E-state index contributed by atoms with van der Waals surface area (Å²) in [6.45, 7) is -0.172. The van der Waals surface area contributed by atoms with Crippen molar-refractivity contribution in [2.24, 2.45) is 0 Å². The Morgan fingerprint density at radius 2 is 0.900 bits per heavy atom. The van der Waals surface area contributed by atoms with Crippen LogP contribution >= 0.6 is 7.60 Å². The summed E-state index contributed by atoms with van der Waals surface area (Å²) in [5.74, 6) is 0. The zero-order chi connectivity index (χ0) is 15.1. The van der Waals surface area contributed by atoms with E-state index in [1.807, 2.05) is 0 Å². The lowest BCUT2D eigenvalue weighted by molar-refractivity contribution is 0.370. The maximum absolute atomic E-state index is 11.8. The highest BCUT2D eigenvalue weighted by Gasteiger charge is 2.10. The molecular formula is C15H32FO3P. The molecule has 20 heavy (non-hydrogen) atoms. The van der Waals surface area contributed by atoms with Gasteiger partial charge < -0.3 is 9.79 Å². The highest BCUT2D eigenvalue weighted by Crippen LogP contribution is 2.35. The van der Waals surface area contributed by atoms with Crippen molar-refractivity contribution in [1.29, 1.82) is 0 Å². The normalized spacial score (nSPS) is 11.9. The third-order valence-electron chi connectivity index (χ3n) is 3.58. The SMILES string of the molecule is O=P(O)(O)CCCCCCCCCCCCCCCF. The van der Waals surface area contributed by atoms with Gasteiger partial charge in [-0.2, -0.15) is 0 Å². The Morgan fingerprint density at radius 3 is 1.20 bits per heavy atom. The Hall–Kier alpha value is 0.0800. The summed E-state index contributed by atoms with van der Waals surface area (Å²) in [6, 6.07) is 0. The lowest BCUT2D eigenvalue weighted by atomic mass is 10.0. The Kier molecular flexibility index (Phi) is 14.1. The predicted octanol–water partition coefficient (Wildman–Crippen LogP) is 5.20. The molecule has 0 aromatic rings. The molecule has 0 aliphatic carbocycles. The van der Waals surface area contributed by atoms with Crippen molar-refractivity contribution in [3.63, 3.8) is 0 Å². The molecule has 0 aromatic heterocycles. The summed E-state index contributed by atoms with van der Waals surface area (Å²) in [5, 5.41) is 0. The maximum Gasteiger partial charge on any atom is 0.325 e. The summed E-state index contributed by atoms with van der Waals surface area (Å²) in [5.41, 5.74) is 0. The average Bonchev–Trinajstić information content (AvgIpc) is 2.38. The van der Waals surface area contributed by atoms with E-state index in [4.69, 9.17) is 9.79 Å². The van der Waals surface area contributed by atoms with Crippen molar-refractivity contribution in [1.82, 2.24) is 0 Å². The van der Waals surface area contributed by atoms with Crippen LogP contribution in [-0.4, -0.2) is 22.6 Å². The number of hydrogen-bond donors (Lipinski definition) is 2. The van der Waals surface area contributed by atoms with Gasteiger partial charge in [0.2, 0.25) is 0 Å². The first-order valence-corrected chi connectivity index (χ1v) is 9.96. The first-order chi connectivity index (χ1) is 9.56. The van der Waals surface area contributed by atoms with Crippen LogP contribution in [-0.2, 0) is 4.57 Å². The number of hydrogen-bond acceptors (Lipinski definition) is 1. The molecule has 0 aromatic carbocycles. The van der Waals surface area contributed by atoms with E-state index < -0.39 is 7.60 Å². The molecular weight excluding hydrogens is 278 g/mol. The van der Waals surface area contributed by atoms with Gasteiger partial charge in [-0.3, -0.25) is 8.96 Å². The van der Waals surface area contributed by atoms with Crippen LogP contribution in [0.3, 0.4) is 0 Å². The molecule has 0 aliphatic heterocycles. The molecule has 0 heterocycles. The molecule has 3 nitrogen and oxygen atoms in total. The van der Waals surface area contributed by atoms with E-state index in [0.717, 1.165) is 25.7 Å². The summed E-state index contributed by atoms with van der Waals surface area (Å²) in [6.07, 6.45) is 14.4. The van der Waals surface area contributed by atoms with E-state index >= 15 is 0 Å². The van der Waals surface area contributed by atoms with Gasteiger partial charge in [-0.15, -0.1) is 0 Å². The minimum atomic E-state index is -3.77. The van der Waals surface area contributed by atoms with Crippen LogP contribution in [0.1, 0.15) is 83.5 Å². The second kappa shape index (κ2) is 14.0. The van der Waals surface area contributed by atoms with Crippen LogP contribution in [0, 0.1) is 0 Å². The van der Waals surface area contributed by atoms with Gasteiger partial charge >= 0.3 is 7.60 Å². The topological polar surface area (TPSA) is 57.5 Å². The van der Waals surface area contributed by atoms with Gasteiger partial charge in [-0.05, 0) is 12.8 Å². The summed E-state index contributed by atoms with van der Waals surface area (Å²) in [4.78, 5) is 17.4. The lowest BCUT2D eigenvalue weighted by Crippen LogP contribution is -1.88. The van der Waals surface area contributed by atoms with E-state index in [1.165, 1.54) is 51.4 Å². The van der Waals surface area contributed by atoms with Gasteiger partial charge in [0.05, 0.1) is 6.67 Å². The third kappa shape index (κ3) is 18.1. The fourth-order valence-corrected chi connectivity index (χ4v) is 2.99. The van der Waals surface area contributed by atoms with Crippen LogP contribution in [0.15, 0.2) is 0 Å². The maximum atomic E-state index is 11.8. The van der Waals surface area contributed by atoms with E-state index in [0.29, 0.717) is 6.42 Å². The van der Waals surface area contributed by atoms with Crippen molar-refractivity contribution in [3.05, 3.63) is 0 Å². The molecule has 0 aliphatic rings. The van der Waals surface area contributed by atoms with Gasteiger partial charge in [0, 0.05) is 6.16 Å². The van der Waals surface area contributed by atoms with E-state index in [1.54, 1.807) is 0 Å². The van der Waals surface area contributed by atoms with Crippen LogP contribution in [0.2, 0.25) is 0 Å². The van der Waals surface area contributed by atoms with Gasteiger partial charge in [-0.25, -0.2) is 0 Å². The first-order valence-electron chi connectivity index (χ1n) is 8.17. The molecule has 0 amide bonds. The highest BCUT2D eigenvalue weighted by molar-refractivity contribution is 7.51. The number of rotatable bonds is 15. The Labute approximate surface area is 123 Å². The smallest absolute Gasteiger partial charge is 0.324 e. The number of halogens is 1. The molecule has 0 saturated carbocycles. The molecule has 5 heteroatoms. The van der Waals surface area contributed by atoms with Crippen LogP contribution in [0.4, 0.5) is 4.39 Å². The van der Waals surface area contributed by atoms with Crippen molar-refractivity contribution in [3.8, 4) is 0 Å². The molecule has 0 spiro atoms. The quantitative estimate of drug-likeness (QED) is 0.323. The van der Waals surface area contributed by atoms with E-state index in [2.05, 4.69) is 0 Å². The average molecular weight is 310 g/mol. The van der Waals surface area contributed by atoms with E-state index in [9.17, 15) is 8.96 Å². The molecule has 2 N–H and O–H groups in total. The highest BCUT2D eigenvalue weighted by atomic mass is 31.2. The van der Waals surface area contributed by atoms with Gasteiger partial charge in [0.15, 0.2) is 0 Å². The Bertz CT molecular complexity index is 243. The molecule has 0 unspecified atom stereocenters. The molecule has 0 rings (SSSR count). The monoisotopic (exact) mass is 310 g/mol. The Morgan fingerprint density at radius 1 is 0.600 bits per heavy atom. The molecule has 0 atom stereocenters. The molecule has 0 radical (unpaired) electrons. The van der Waals surface area contributed by atoms with Crippen molar-refractivity contribution in [2.45, 2.75) is 83.5 Å². The lowest BCUT2D eigenvalue weighted by Gasteiger charge is -2.04. The fraction of sp³-hybridized carbons (Fsp3) is 1.00. The largest absolute Gasteiger partial charge is 0.325 e. The summed E-state index contributed by atoms with van der Waals surface area (Å²) >= 11 is 0. The second-order valence-electron chi connectivity index (χ2n) is 5.67. The van der Waals surface area contributed by atoms with E-state index in [-0.39, 0.29) is 12.8 Å². The minimum absolute atomic E-state index is 0.0371. The third-order valence-corrected chi connectivity index (χ3v) is 4.48. The van der Waals surface area contributed by atoms with Gasteiger partial charge in [0.25, 0.3) is 0 Å². The van der Waals surface area contributed by atoms with Crippen molar-refractivity contribution in [2.75, 3.05) is 12.8 Å². The van der Waals surface area contributed by atoms with Crippen LogP contribution in [0.5, 0.6) is 0 Å². The number of alkyl halides is 1. The zero-order valence-corrected chi connectivity index (χ0v) is 13.6. The standard InChI is InChI=1S/C15H32FO3P/c16-14-12-10-8-6-4-2-1-3-5-7-9-11-13-15-20(17,18)19/h1-15H2,(H2,17,18,19). The van der Waals surface area contributed by atoms with Gasteiger partial charge in [-0.1, -0.05) is 70.6 Å². The summed E-state index contributed by atoms with van der Waals surface area (Å²) < 4.78 is 22.5. The predicted molar refractivity (Wildman–Crippen MR) is 82.9 cm³/mol.